The second kappa shape index (κ2) is 10.2. The van der Waals surface area contributed by atoms with Crippen LogP contribution in [0.4, 0.5) is 5.82 Å². The predicted molar refractivity (Wildman–Crippen MR) is 130 cm³/mol. The lowest BCUT2D eigenvalue weighted by Gasteiger charge is -2.46. The molecule has 0 aliphatic carbocycles. The van der Waals surface area contributed by atoms with E-state index >= 15 is 0 Å². The molecule has 0 fully saturated rings. The molecule has 9 nitrogen and oxygen atoms in total. The molecule has 180 valence electrons. The summed E-state index contributed by atoms with van der Waals surface area (Å²) in [7, 11) is 6.52. The van der Waals surface area contributed by atoms with Crippen molar-refractivity contribution in [3.8, 4) is 23.0 Å². The smallest absolute Gasteiger partial charge is 0.138 e. The quantitative estimate of drug-likeness (QED) is 0.519. The molecule has 9 heteroatoms. The fourth-order valence-electron chi connectivity index (χ4n) is 4.21. The van der Waals surface area contributed by atoms with Gasteiger partial charge in [0.1, 0.15) is 35.1 Å². The molecule has 3 aromatic rings. The van der Waals surface area contributed by atoms with E-state index in [-0.39, 0.29) is 0 Å². The third-order valence-corrected chi connectivity index (χ3v) is 5.96. The van der Waals surface area contributed by atoms with Crippen molar-refractivity contribution in [2.45, 2.75) is 25.5 Å². The van der Waals surface area contributed by atoms with Crippen molar-refractivity contribution in [1.82, 2.24) is 9.88 Å². The van der Waals surface area contributed by atoms with Gasteiger partial charge >= 0.3 is 0 Å². The van der Waals surface area contributed by atoms with Crippen LogP contribution in [-0.4, -0.2) is 44.6 Å². The number of rotatable bonds is 8. The van der Waals surface area contributed by atoms with Gasteiger partial charge < -0.3 is 29.6 Å². The van der Waals surface area contributed by atoms with Gasteiger partial charge in [-0.25, -0.2) is 9.88 Å². The van der Waals surface area contributed by atoms with Crippen LogP contribution in [0, 0.1) is 0 Å². The highest BCUT2D eigenvalue weighted by Crippen LogP contribution is 2.36. The lowest BCUT2D eigenvalue weighted by molar-refractivity contribution is 0.111. The monoisotopic (exact) mass is 465 g/mol. The maximum absolute atomic E-state index is 6.81. The molecule has 1 aliphatic heterocycles. The second-order valence-corrected chi connectivity index (χ2v) is 8.02. The maximum atomic E-state index is 6.81. The highest BCUT2D eigenvalue weighted by molar-refractivity contribution is 5.53. The number of hydrogen-bond acceptors (Lipinski definition) is 9. The van der Waals surface area contributed by atoms with Crippen LogP contribution in [0.25, 0.3) is 0 Å². The topological polar surface area (TPSA) is 108 Å². The standard InChI is InChI=1S/C25H31N5O4/c1-31-18-8-16(9-19(12-18)32-2)14-29-23(26)22-6-5-7-28-24(22)30(25(29)27)15-17-10-20(33-3)13-21(11-17)34-4/h5-13,23,25H,14-15,26-27H2,1-4H3. The van der Waals surface area contributed by atoms with Crippen LogP contribution in [0.5, 0.6) is 23.0 Å². The molecule has 2 atom stereocenters. The fraction of sp³-hybridized carbons (Fsp3) is 0.320. The summed E-state index contributed by atoms with van der Waals surface area (Å²) in [6.45, 7) is 0.978. The normalized spacial score (nSPS) is 17.8. The van der Waals surface area contributed by atoms with Crippen molar-refractivity contribution in [3.63, 3.8) is 0 Å². The average molecular weight is 466 g/mol. The molecular weight excluding hydrogens is 434 g/mol. The van der Waals surface area contributed by atoms with E-state index in [9.17, 15) is 0 Å². The van der Waals surface area contributed by atoms with Gasteiger partial charge in [0, 0.05) is 37.0 Å². The van der Waals surface area contributed by atoms with Gasteiger partial charge in [0.05, 0.1) is 34.6 Å². The Morgan fingerprint density at radius 2 is 1.26 bits per heavy atom. The number of nitrogens with zero attached hydrogens (tertiary/aromatic N) is 3. The number of methoxy groups -OCH3 is 4. The molecule has 0 radical (unpaired) electrons. The van der Waals surface area contributed by atoms with Crippen LogP contribution in [-0.2, 0) is 13.1 Å². The third-order valence-electron chi connectivity index (χ3n) is 5.96. The van der Waals surface area contributed by atoms with E-state index in [0.29, 0.717) is 36.1 Å². The average Bonchev–Trinajstić information content (AvgIpc) is 2.88. The predicted octanol–water partition coefficient (Wildman–Crippen LogP) is 2.84. The summed E-state index contributed by atoms with van der Waals surface area (Å²) in [6.07, 6.45) is 0.777. The molecule has 0 bridgehead atoms. The molecular formula is C25H31N5O4. The number of hydrogen-bond donors (Lipinski definition) is 2. The van der Waals surface area contributed by atoms with Crippen molar-refractivity contribution < 1.29 is 18.9 Å². The van der Waals surface area contributed by atoms with Gasteiger partial charge in [0.2, 0.25) is 0 Å². The molecule has 4 N–H and O–H groups in total. The Labute approximate surface area is 199 Å². The summed E-state index contributed by atoms with van der Waals surface area (Å²) >= 11 is 0. The van der Waals surface area contributed by atoms with E-state index in [1.807, 2.05) is 58.3 Å². The molecule has 0 spiro atoms. The van der Waals surface area contributed by atoms with Crippen LogP contribution in [0.1, 0.15) is 22.9 Å². The Balaban J connectivity index is 1.70. The summed E-state index contributed by atoms with van der Waals surface area (Å²) in [5.41, 5.74) is 16.3. The zero-order valence-corrected chi connectivity index (χ0v) is 19.9. The summed E-state index contributed by atoms with van der Waals surface area (Å²) in [4.78, 5) is 8.67. The molecule has 0 saturated carbocycles. The van der Waals surface area contributed by atoms with Gasteiger partial charge in [-0.2, -0.15) is 0 Å². The van der Waals surface area contributed by atoms with Crippen molar-refractivity contribution in [2.24, 2.45) is 11.5 Å². The Morgan fingerprint density at radius 3 is 1.76 bits per heavy atom. The molecule has 2 heterocycles. The van der Waals surface area contributed by atoms with Crippen molar-refractivity contribution in [2.75, 3.05) is 33.3 Å². The second-order valence-electron chi connectivity index (χ2n) is 8.02. The summed E-state index contributed by atoms with van der Waals surface area (Å²) in [5, 5.41) is 0. The summed E-state index contributed by atoms with van der Waals surface area (Å²) in [5.74, 6) is 3.58. The molecule has 4 rings (SSSR count). The van der Waals surface area contributed by atoms with Gasteiger partial charge in [0.15, 0.2) is 0 Å². The van der Waals surface area contributed by atoms with Gasteiger partial charge in [0.25, 0.3) is 0 Å². The lowest BCUT2D eigenvalue weighted by atomic mass is 10.1. The molecule has 1 aliphatic rings. The van der Waals surface area contributed by atoms with E-state index in [2.05, 4.69) is 4.98 Å². The van der Waals surface area contributed by atoms with Crippen molar-refractivity contribution in [1.29, 1.82) is 0 Å². The van der Waals surface area contributed by atoms with E-state index in [0.717, 1.165) is 22.5 Å². The van der Waals surface area contributed by atoms with Crippen LogP contribution >= 0.6 is 0 Å². The fourth-order valence-corrected chi connectivity index (χ4v) is 4.21. The lowest BCUT2D eigenvalue weighted by Crippen LogP contribution is -2.60. The first-order valence-electron chi connectivity index (χ1n) is 10.9. The number of pyridine rings is 1. The number of ether oxygens (including phenoxy) is 4. The highest BCUT2D eigenvalue weighted by Gasteiger charge is 2.36. The maximum Gasteiger partial charge on any atom is 0.138 e. The Kier molecular flexibility index (Phi) is 7.06. The Morgan fingerprint density at radius 1 is 0.765 bits per heavy atom. The Hall–Kier alpha value is -3.53. The summed E-state index contributed by atoms with van der Waals surface area (Å²) in [6, 6.07) is 15.4. The SMILES string of the molecule is COc1cc(CN2c3ncccc3C(N)N(Cc3cc(OC)cc(OC)c3)C2N)cc(OC)c1. The summed E-state index contributed by atoms with van der Waals surface area (Å²) < 4.78 is 21.8. The number of fused-ring (bicyclic) bond motifs is 1. The van der Waals surface area contributed by atoms with E-state index in [1.54, 1.807) is 34.6 Å². The number of aromatic nitrogens is 1. The van der Waals surface area contributed by atoms with Gasteiger partial charge in [-0.3, -0.25) is 5.73 Å². The van der Waals surface area contributed by atoms with Gasteiger partial charge in [-0.05, 0) is 41.5 Å². The zero-order chi connectivity index (χ0) is 24.2. The largest absolute Gasteiger partial charge is 0.497 e. The minimum absolute atomic E-state index is 0.438. The van der Waals surface area contributed by atoms with Crippen LogP contribution in [0.2, 0.25) is 0 Å². The van der Waals surface area contributed by atoms with Crippen molar-refractivity contribution in [3.05, 3.63) is 71.4 Å². The third kappa shape index (κ3) is 4.72. The van der Waals surface area contributed by atoms with Crippen LogP contribution < -0.4 is 35.3 Å². The van der Waals surface area contributed by atoms with Gasteiger partial charge in [-0.15, -0.1) is 0 Å². The number of benzene rings is 2. The molecule has 1 aromatic heterocycles. The molecule has 2 aromatic carbocycles. The minimum Gasteiger partial charge on any atom is -0.497 e. The van der Waals surface area contributed by atoms with E-state index in [1.165, 1.54) is 0 Å². The molecule has 2 unspecified atom stereocenters. The van der Waals surface area contributed by atoms with E-state index < -0.39 is 12.5 Å². The zero-order valence-electron chi connectivity index (χ0n) is 19.9. The number of anilines is 1. The first-order chi connectivity index (χ1) is 16.5. The number of nitrogens with two attached hydrogens (primary N) is 2. The minimum atomic E-state index is -0.535. The first kappa shape index (κ1) is 23.6. The van der Waals surface area contributed by atoms with Crippen LogP contribution in [0.3, 0.4) is 0 Å². The van der Waals surface area contributed by atoms with Crippen molar-refractivity contribution >= 4 is 5.82 Å². The Bertz CT molecular complexity index is 1100. The molecule has 0 amide bonds. The molecule has 34 heavy (non-hydrogen) atoms. The first-order valence-corrected chi connectivity index (χ1v) is 10.9. The van der Waals surface area contributed by atoms with Gasteiger partial charge in [-0.1, -0.05) is 6.07 Å². The van der Waals surface area contributed by atoms with Crippen LogP contribution in [0.15, 0.2) is 54.7 Å². The van der Waals surface area contributed by atoms with E-state index in [4.69, 9.17) is 30.4 Å². The molecule has 0 saturated heterocycles. The highest BCUT2D eigenvalue weighted by atomic mass is 16.5.